The molecular formula is C18H27N3O4. The van der Waals surface area contributed by atoms with Crippen molar-refractivity contribution in [3.05, 3.63) is 35.4 Å². The smallest absolute Gasteiger partial charge is 0.410 e. The van der Waals surface area contributed by atoms with Crippen LogP contribution in [-0.4, -0.2) is 48.0 Å². The largest absolute Gasteiger partial charge is 0.444 e. The molecule has 0 saturated carbocycles. The molecule has 7 heteroatoms. The van der Waals surface area contributed by atoms with Crippen molar-refractivity contribution in [2.75, 3.05) is 13.6 Å². The van der Waals surface area contributed by atoms with Crippen molar-refractivity contribution in [2.45, 2.75) is 45.8 Å². The average molecular weight is 349 g/mol. The van der Waals surface area contributed by atoms with E-state index < -0.39 is 23.6 Å². The van der Waals surface area contributed by atoms with Crippen molar-refractivity contribution in [3.63, 3.8) is 0 Å². The first-order valence-corrected chi connectivity index (χ1v) is 8.13. The molecule has 1 rings (SSSR count). The third-order valence-corrected chi connectivity index (χ3v) is 3.46. The van der Waals surface area contributed by atoms with Gasteiger partial charge in [-0.15, -0.1) is 0 Å². The SMILES string of the molecule is CC(NC(=O)c1ccccc1CCN(C)C(=O)OC(C)(C)C)C(N)=O. The van der Waals surface area contributed by atoms with Gasteiger partial charge in [0.15, 0.2) is 0 Å². The predicted molar refractivity (Wildman–Crippen MR) is 95.1 cm³/mol. The number of nitrogens with one attached hydrogen (secondary N) is 1. The molecule has 0 spiro atoms. The molecule has 0 heterocycles. The minimum absolute atomic E-state index is 0.373. The Bertz CT molecular complexity index is 637. The Morgan fingerprint density at radius 3 is 2.40 bits per heavy atom. The van der Waals surface area contributed by atoms with Crippen LogP contribution in [0.25, 0.3) is 0 Å². The van der Waals surface area contributed by atoms with Gasteiger partial charge in [0.1, 0.15) is 11.6 Å². The van der Waals surface area contributed by atoms with Crippen LogP contribution in [0.4, 0.5) is 4.79 Å². The van der Waals surface area contributed by atoms with E-state index in [4.69, 9.17) is 10.5 Å². The van der Waals surface area contributed by atoms with E-state index in [-0.39, 0.29) is 5.91 Å². The first kappa shape index (κ1) is 20.5. The number of amides is 3. The van der Waals surface area contributed by atoms with Crippen LogP contribution in [0.2, 0.25) is 0 Å². The number of hydrogen-bond acceptors (Lipinski definition) is 4. The Kier molecular flexibility index (Phi) is 6.97. The summed E-state index contributed by atoms with van der Waals surface area (Å²) in [6.45, 7) is 7.33. The van der Waals surface area contributed by atoms with Crippen molar-refractivity contribution in [1.29, 1.82) is 0 Å². The highest BCUT2D eigenvalue weighted by Crippen LogP contribution is 2.12. The molecule has 138 valence electrons. The minimum atomic E-state index is -0.759. The minimum Gasteiger partial charge on any atom is -0.444 e. The molecule has 0 saturated heterocycles. The molecule has 0 aliphatic carbocycles. The zero-order chi connectivity index (χ0) is 19.2. The predicted octanol–water partition coefficient (Wildman–Crippen LogP) is 1.70. The molecule has 1 aromatic rings. The Morgan fingerprint density at radius 1 is 1.24 bits per heavy atom. The maximum atomic E-state index is 12.3. The average Bonchev–Trinajstić information content (AvgIpc) is 2.50. The molecule has 7 nitrogen and oxygen atoms in total. The number of carbonyl (C=O) groups is 3. The summed E-state index contributed by atoms with van der Waals surface area (Å²) in [7, 11) is 1.64. The zero-order valence-corrected chi connectivity index (χ0v) is 15.5. The third-order valence-electron chi connectivity index (χ3n) is 3.46. The lowest BCUT2D eigenvalue weighted by atomic mass is 10.0. The molecule has 0 aliphatic rings. The van der Waals surface area contributed by atoms with Crippen molar-refractivity contribution >= 4 is 17.9 Å². The van der Waals surface area contributed by atoms with Crippen LogP contribution in [-0.2, 0) is 16.0 Å². The lowest BCUT2D eigenvalue weighted by Gasteiger charge is -2.24. The molecule has 0 aliphatic heterocycles. The third kappa shape index (κ3) is 6.82. The summed E-state index contributed by atoms with van der Waals surface area (Å²) >= 11 is 0. The van der Waals surface area contributed by atoms with Crippen molar-refractivity contribution < 1.29 is 19.1 Å². The maximum absolute atomic E-state index is 12.3. The second kappa shape index (κ2) is 8.50. The standard InChI is InChI=1S/C18H27N3O4/c1-12(15(19)22)20-16(23)14-9-7-6-8-13(14)10-11-21(5)17(24)25-18(2,3)4/h6-9,12H,10-11H2,1-5H3,(H2,19,22)(H,20,23). The topological polar surface area (TPSA) is 102 Å². The van der Waals surface area contributed by atoms with Gasteiger partial charge in [0.2, 0.25) is 5.91 Å². The van der Waals surface area contributed by atoms with Gasteiger partial charge in [-0.05, 0) is 45.7 Å². The summed E-state index contributed by atoms with van der Waals surface area (Å²) in [4.78, 5) is 36.9. The number of benzene rings is 1. The first-order chi connectivity index (χ1) is 11.5. The molecule has 3 amide bonds. The summed E-state index contributed by atoms with van der Waals surface area (Å²) in [5.41, 5.74) is 5.83. The summed E-state index contributed by atoms with van der Waals surface area (Å²) < 4.78 is 5.30. The van der Waals surface area contributed by atoms with Gasteiger partial charge in [-0.3, -0.25) is 9.59 Å². The number of nitrogens with two attached hydrogens (primary N) is 1. The monoisotopic (exact) mass is 349 g/mol. The van der Waals surface area contributed by atoms with Crippen molar-refractivity contribution in [2.24, 2.45) is 5.73 Å². The fourth-order valence-electron chi connectivity index (χ4n) is 2.02. The van der Waals surface area contributed by atoms with Crippen LogP contribution in [0.15, 0.2) is 24.3 Å². The Hall–Kier alpha value is -2.57. The van der Waals surface area contributed by atoms with E-state index in [9.17, 15) is 14.4 Å². The number of nitrogens with zero attached hydrogens (tertiary/aromatic N) is 1. The molecule has 1 unspecified atom stereocenters. The fraction of sp³-hybridized carbons (Fsp3) is 0.500. The van der Waals surface area contributed by atoms with E-state index in [1.54, 1.807) is 40.0 Å². The molecule has 0 radical (unpaired) electrons. The Labute approximate surface area is 148 Å². The highest BCUT2D eigenvalue weighted by molar-refractivity contribution is 5.98. The number of hydrogen-bond donors (Lipinski definition) is 2. The molecule has 3 N–H and O–H groups in total. The van der Waals surface area contributed by atoms with Gasteiger partial charge >= 0.3 is 6.09 Å². The number of likely N-dealkylation sites (N-methyl/N-ethyl adjacent to an activating group) is 1. The molecule has 1 atom stereocenters. The quantitative estimate of drug-likeness (QED) is 0.816. The van der Waals surface area contributed by atoms with Gasteiger partial charge < -0.3 is 20.7 Å². The van der Waals surface area contributed by atoms with Crippen molar-refractivity contribution in [1.82, 2.24) is 10.2 Å². The summed E-state index contributed by atoms with van der Waals surface area (Å²) in [6, 6.07) is 6.28. The van der Waals surface area contributed by atoms with E-state index in [2.05, 4.69) is 5.32 Å². The molecular weight excluding hydrogens is 322 g/mol. The Morgan fingerprint density at radius 2 is 1.84 bits per heavy atom. The van der Waals surface area contributed by atoms with Crippen LogP contribution >= 0.6 is 0 Å². The Balaban J connectivity index is 2.76. The van der Waals surface area contributed by atoms with Crippen LogP contribution in [0, 0.1) is 0 Å². The number of rotatable bonds is 6. The van der Waals surface area contributed by atoms with E-state index in [1.165, 1.54) is 11.8 Å². The maximum Gasteiger partial charge on any atom is 0.410 e. The number of carbonyl (C=O) groups excluding carboxylic acids is 3. The van der Waals surface area contributed by atoms with E-state index >= 15 is 0 Å². The lowest BCUT2D eigenvalue weighted by Crippen LogP contribution is -2.42. The highest BCUT2D eigenvalue weighted by atomic mass is 16.6. The van der Waals surface area contributed by atoms with Gasteiger partial charge in [0, 0.05) is 19.2 Å². The fourth-order valence-corrected chi connectivity index (χ4v) is 2.02. The zero-order valence-electron chi connectivity index (χ0n) is 15.5. The van der Waals surface area contributed by atoms with Crippen LogP contribution in [0.5, 0.6) is 0 Å². The summed E-state index contributed by atoms with van der Waals surface area (Å²) in [6.07, 6.45) is 0.0568. The van der Waals surface area contributed by atoms with Gasteiger partial charge in [-0.25, -0.2) is 4.79 Å². The second-order valence-corrected chi connectivity index (χ2v) is 6.91. The number of ether oxygens (including phenoxy) is 1. The molecule has 25 heavy (non-hydrogen) atoms. The highest BCUT2D eigenvalue weighted by Gasteiger charge is 2.20. The summed E-state index contributed by atoms with van der Waals surface area (Å²) in [5, 5.41) is 2.56. The van der Waals surface area contributed by atoms with E-state index in [0.29, 0.717) is 18.5 Å². The normalized spacial score (nSPS) is 12.2. The summed E-state index contributed by atoms with van der Waals surface area (Å²) in [5.74, 6) is -0.975. The van der Waals surface area contributed by atoms with Crippen LogP contribution < -0.4 is 11.1 Å². The molecule has 0 fully saturated rings. The van der Waals surface area contributed by atoms with E-state index in [1.807, 2.05) is 12.1 Å². The van der Waals surface area contributed by atoms with Gasteiger partial charge in [0.25, 0.3) is 5.91 Å². The van der Waals surface area contributed by atoms with E-state index in [0.717, 1.165) is 5.56 Å². The molecule has 1 aromatic carbocycles. The van der Waals surface area contributed by atoms with Crippen LogP contribution in [0.3, 0.4) is 0 Å². The van der Waals surface area contributed by atoms with Crippen LogP contribution in [0.1, 0.15) is 43.6 Å². The van der Waals surface area contributed by atoms with Gasteiger partial charge in [0.05, 0.1) is 0 Å². The van der Waals surface area contributed by atoms with Gasteiger partial charge in [-0.2, -0.15) is 0 Å². The number of primary amides is 1. The molecule has 0 aromatic heterocycles. The van der Waals surface area contributed by atoms with Gasteiger partial charge in [-0.1, -0.05) is 18.2 Å². The van der Waals surface area contributed by atoms with Crippen molar-refractivity contribution in [3.8, 4) is 0 Å². The molecule has 0 bridgehead atoms. The lowest BCUT2D eigenvalue weighted by molar-refractivity contribution is -0.119. The first-order valence-electron chi connectivity index (χ1n) is 8.13. The second-order valence-electron chi connectivity index (χ2n) is 6.91.